The highest BCUT2D eigenvalue weighted by molar-refractivity contribution is 6.74. The van der Waals surface area contributed by atoms with Gasteiger partial charge in [-0.1, -0.05) is 34.6 Å². The quantitative estimate of drug-likeness (QED) is 0.355. The summed E-state index contributed by atoms with van der Waals surface area (Å²) in [7, 11) is -2.04. The molecule has 0 radical (unpaired) electrons. The molecule has 4 atom stereocenters. The van der Waals surface area contributed by atoms with Gasteiger partial charge in [0, 0.05) is 18.6 Å². The topological polar surface area (TPSA) is 91.1 Å². The highest BCUT2D eigenvalue weighted by Gasteiger charge is 2.52. The molecule has 0 bridgehead atoms. The van der Waals surface area contributed by atoms with Crippen molar-refractivity contribution >= 4 is 20.4 Å². The first-order chi connectivity index (χ1) is 15.1. The molecule has 200 valence electrons. The van der Waals surface area contributed by atoms with Gasteiger partial charge in [-0.05, 0) is 78.4 Å². The van der Waals surface area contributed by atoms with E-state index >= 15 is 0 Å². The second kappa shape index (κ2) is 10.9. The van der Waals surface area contributed by atoms with Gasteiger partial charge in [0.25, 0.3) is 0 Å². The van der Waals surface area contributed by atoms with Gasteiger partial charge in [-0.25, -0.2) is 9.59 Å². The Morgan fingerprint density at radius 2 is 1.47 bits per heavy atom. The number of hydrogen-bond donors (Lipinski definition) is 1. The van der Waals surface area contributed by atoms with Crippen molar-refractivity contribution in [2.45, 2.75) is 136 Å². The molecule has 1 saturated heterocycles. The lowest BCUT2D eigenvalue weighted by Crippen LogP contribution is -2.56. The number of carbonyl (C=O) groups is 2. The lowest BCUT2D eigenvalue weighted by molar-refractivity contribution is -0.160. The monoisotopic (exact) mass is 500 g/mol. The average molecular weight is 501 g/mol. The van der Waals surface area contributed by atoms with Crippen LogP contribution in [0.3, 0.4) is 0 Å². The van der Waals surface area contributed by atoms with Crippen molar-refractivity contribution < 1.29 is 23.5 Å². The number of nitrogens with zero attached hydrogens (tertiary/aromatic N) is 1. The maximum atomic E-state index is 13.5. The summed E-state index contributed by atoms with van der Waals surface area (Å²) in [6.45, 7) is 26.7. The third-order valence-electron chi connectivity index (χ3n) is 6.60. The Morgan fingerprint density at radius 3 is 1.88 bits per heavy atom. The van der Waals surface area contributed by atoms with E-state index in [1.54, 1.807) is 4.90 Å². The standard InChI is InChI=1S/C26H52N2O5Si/c1-17(2)14-19(27)21-18(16-31-34(12,13)26(9,10)11)15-20(22(29)32-24(3,4)5)28(21)23(30)33-25(6,7)8/h17-21H,14-16,27H2,1-13H3/t18-,19?,20+,21+/m0/s1. The number of amides is 1. The van der Waals surface area contributed by atoms with E-state index in [4.69, 9.17) is 19.6 Å². The minimum atomic E-state index is -2.04. The number of hydrogen-bond acceptors (Lipinski definition) is 6. The van der Waals surface area contributed by atoms with Gasteiger partial charge in [0.05, 0.1) is 6.04 Å². The van der Waals surface area contributed by atoms with E-state index in [0.29, 0.717) is 18.9 Å². The fourth-order valence-electron chi connectivity index (χ4n) is 4.06. The van der Waals surface area contributed by atoms with Crippen molar-refractivity contribution in [3.05, 3.63) is 0 Å². The van der Waals surface area contributed by atoms with Crippen LogP contribution in [0.2, 0.25) is 18.1 Å². The van der Waals surface area contributed by atoms with E-state index in [2.05, 4.69) is 47.7 Å². The van der Waals surface area contributed by atoms with Crippen molar-refractivity contribution in [2.24, 2.45) is 17.6 Å². The zero-order valence-corrected chi connectivity index (χ0v) is 25.1. The fourth-order valence-corrected chi connectivity index (χ4v) is 5.12. The Bertz CT molecular complexity index is 703. The fraction of sp³-hybridized carbons (Fsp3) is 0.923. The summed E-state index contributed by atoms with van der Waals surface area (Å²) in [5.41, 5.74) is 5.37. The van der Waals surface area contributed by atoms with Gasteiger partial charge in [0.1, 0.15) is 17.2 Å². The van der Waals surface area contributed by atoms with Crippen LogP contribution in [0.4, 0.5) is 4.79 Å². The largest absolute Gasteiger partial charge is 0.458 e. The first-order valence-electron chi connectivity index (χ1n) is 12.7. The molecule has 1 amide bonds. The molecular weight excluding hydrogens is 448 g/mol. The summed E-state index contributed by atoms with van der Waals surface area (Å²) in [5.74, 6) is -0.166. The Balaban J connectivity index is 3.41. The van der Waals surface area contributed by atoms with Gasteiger partial charge in [-0.2, -0.15) is 0 Å². The maximum Gasteiger partial charge on any atom is 0.411 e. The Hall–Kier alpha value is -1.12. The minimum absolute atomic E-state index is 0.0522. The van der Waals surface area contributed by atoms with Gasteiger partial charge in [0.15, 0.2) is 8.32 Å². The average Bonchev–Trinajstić information content (AvgIpc) is 2.95. The Morgan fingerprint density at radius 1 is 0.971 bits per heavy atom. The molecule has 0 aliphatic carbocycles. The van der Waals surface area contributed by atoms with Gasteiger partial charge < -0.3 is 19.6 Å². The Labute approximate surface area is 209 Å². The Kier molecular flexibility index (Phi) is 9.88. The predicted octanol–water partition coefficient (Wildman–Crippen LogP) is 5.72. The van der Waals surface area contributed by atoms with Crippen LogP contribution in [-0.4, -0.2) is 61.2 Å². The smallest absolute Gasteiger partial charge is 0.411 e. The summed E-state index contributed by atoms with van der Waals surface area (Å²) in [4.78, 5) is 28.3. The molecule has 34 heavy (non-hydrogen) atoms. The van der Waals surface area contributed by atoms with E-state index in [0.717, 1.165) is 6.42 Å². The molecule has 0 aromatic carbocycles. The molecule has 8 heteroatoms. The first-order valence-corrected chi connectivity index (χ1v) is 15.6. The zero-order valence-electron chi connectivity index (χ0n) is 24.1. The van der Waals surface area contributed by atoms with Crippen LogP contribution in [-0.2, 0) is 18.7 Å². The van der Waals surface area contributed by atoms with Crippen LogP contribution >= 0.6 is 0 Å². The van der Waals surface area contributed by atoms with E-state index in [-0.39, 0.29) is 23.0 Å². The third-order valence-corrected chi connectivity index (χ3v) is 11.1. The number of nitrogens with two attached hydrogens (primary N) is 1. The molecule has 0 aromatic rings. The number of esters is 1. The number of ether oxygens (including phenoxy) is 2. The number of likely N-dealkylation sites (tertiary alicyclic amines) is 1. The van der Waals surface area contributed by atoms with Gasteiger partial charge in [-0.3, -0.25) is 4.90 Å². The summed E-state index contributed by atoms with van der Waals surface area (Å²) in [6, 6.07) is -1.45. The van der Waals surface area contributed by atoms with Crippen LogP contribution in [0, 0.1) is 11.8 Å². The summed E-state index contributed by atoms with van der Waals surface area (Å²) >= 11 is 0. The molecule has 1 unspecified atom stereocenters. The van der Waals surface area contributed by atoms with Crippen LogP contribution in [0.1, 0.15) is 89.0 Å². The summed E-state index contributed by atoms with van der Waals surface area (Å²) in [6.07, 6.45) is 0.642. The second-order valence-electron chi connectivity index (χ2n) is 13.8. The van der Waals surface area contributed by atoms with Crippen molar-refractivity contribution in [2.75, 3.05) is 6.61 Å². The highest BCUT2D eigenvalue weighted by atomic mass is 28.4. The molecule has 1 aliphatic heterocycles. The van der Waals surface area contributed by atoms with E-state index < -0.39 is 37.6 Å². The van der Waals surface area contributed by atoms with Crippen LogP contribution in [0.5, 0.6) is 0 Å². The lowest BCUT2D eigenvalue weighted by atomic mass is 9.90. The third kappa shape index (κ3) is 8.83. The molecule has 0 aromatic heterocycles. The maximum absolute atomic E-state index is 13.5. The predicted molar refractivity (Wildman–Crippen MR) is 140 cm³/mol. The van der Waals surface area contributed by atoms with Crippen molar-refractivity contribution in [1.82, 2.24) is 4.90 Å². The summed E-state index contributed by atoms with van der Waals surface area (Å²) in [5, 5.41) is 0.0522. The molecule has 1 aliphatic rings. The summed E-state index contributed by atoms with van der Waals surface area (Å²) < 4.78 is 18.1. The van der Waals surface area contributed by atoms with E-state index in [1.165, 1.54) is 0 Å². The van der Waals surface area contributed by atoms with Crippen LogP contribution < -0.4 is 5.73 Å². The van der Waals surface area contributed by atoms with Crippen molar-refractivity contribution in [3.8, 4) is 0 Å². The molecule has 1 heterocycles. The highest BCUT2D eigenvalue weighted by Crippen LogP contribution is 2.40. The number of carbonyl (C=O) groups excluding carboxylic acids is 2. The van der Waals surface area contributed by atoms with E-state index in [9.17, 15) is 9.59 Å². The van der Waals surface area contributed by atoms with Crippen molar-refractivity contribution in [1.29, 1.82) is 0 Å². The molecular formula is C26H52N2O5Si. The molecule has 1 rings (SSSR count). The zero-order chi connectivity index (χ0) is 26.9. The van der Waals surface area contributed by atoms with Crippen molar-refractivity contribution in [3.63, 3.8) is 0 Å². The molecule has 1 fully saturated rings. The van der Waals surface area contributed by atoms with Crippen LogP contribution in [0.15, 0.2) is 0 Å². The number of rotatable bonds is 7. The second-order valence-corrected chi connectivity index (χ2v) is 18.6. The molecule has 2 N–H and O–H groups in total. The normalized spacial score (nSPS) is 23.3. The molecule has 7 nitrogen and oxygen atoms in total. The van der Waals surface area contributed by atoms with Gasteiger partial charge in [0.2, 0.25) is 0 Å². The van der Waals surface area contributed by atoms with Gasteiger partial charge >= 0.3 is 12.1 Å². The van der Waals surface area contributed by atoms with E-state index in [1.807, 2.05) is 41.5 Å². The first kappa shape index (κ1) is 30.9. The molecule has 0 saturated carbocycles. The van der Waals surface area contributed by atoms with Crippen LogP contribution in [0.25, 0.3) is 0 Å². The molecule has 0 spiro atoms. The van der Waals surface area contributed by atoms with Gasteiger partial charge in [-0.15, -0.1) is 0 Å². The lowest BCUT2D eigenvalue weighted by Gasteiger charge is -2.39. The minimum Gasteiger partial charge on any atom is -0.458 e. The SMILES string of the molecule is CC(C)CC(N)[C@H]1[C@H](CO[Si](C)(C)C(C)(C)C)C[C@H](C(=O)OC(C)(C)C)N1C(=O)OC(C)(C)C.